The van der Waals surface area contributed by atoms with E-state index >= 15 is 0 Å². The molecular weight excluding hydrogens is 370 g/mol. The molecule has 0 radical (unpaired) electrons. The molecule has 0 aliphatic heterocycles. The fraction of sp³-hybridized carbons (Fsp3) is 0.167. The maximum absolute atomic E-state index is 11.9. The number of nitrogens with one attached hydrogen (secondary N) is 3. The van der Waals surface area contributed by atoms with Gasteiger partial charge in [0, 0.05) is 12.1 Å². The number of nitro groups is 1. The Morgan fingerprint density at radius 1 is 1.19 bits per heavy atom. The molecule has 1 heterocycles. The molecular formula is C12H13N7O6S. The van der Waals surface area contributed by atoms with E-state index in [0.717, 1.165) is 12.1 Å². The Labute approximate surface area is 147 Å². The van der Waals surface area contributed by atoms with Gasteiger partial charge in [0.2, 0.25) is 5.95 Å². The second-order valence-electron chi connectivity index (χ2n) is 4.66. The summed E-state index contributed by atoms with van der Waals surface area (Å²) in [5.74, 6) is 0.0383. The van der Waals surface area contributed by atoms with Crippen molar-refractivity contribution in [3.05, 3.63) is 40.2 Å². The second kappa shape index (κ2) is 7.56. The summed E-state index contributed by atoms with van der Waals surface area (Å²) in [5, 5.41) is 12.7. The first-order valence-electron chi connectivity index (χ1n) is 6.81. The van der Waals surface area contributed by atoms with Crippen molar-refractivity contribution < 1.29 is 22.9 Å². The van der Waals surface area contributed by atoms with Crippen LogP contribution in [0.3, 0.4) is 0 Å². The monoisotopic (exact) mass is 383 g/mol. The summed E-state index contributed by atoms with van der Waals surface area (Å²) in [6, 6.07) is 3.38. The molecule has 0 bridgehead atoms. The van der Waals surface area contributed by atoms with Crippen LogP contribution in [0.5, 0.6) is 6.01 Å². The topological polar surface area (TPSA) is 178 Å². The maximum Gasteiger partial charge on any atom is 0.336 e. The summed E-state index contributed by atoms with van der Waals surface area (Å²) < 4.78 is 32.4. The highest BCUT2D eigenvalue weighted by Gasteiger charge is 2.16. The Hall–Kier alpha value is -3.55. The van der Waals surface area contributed by atoms with Crippen LogP contribution in [-0.4, -0.2) is 41.4 Å². The van der Waals surface area contributed by atoms with Crippen LogP contribution >= 0.6 is 0 Å². The van der Waals surface area contributed by atoms with Crippen molar-refractivity contribution in [1.82, 2.24) is 19.7 Å². The highest BCUT2D eigenvalue weighted by atomic mass is 32.2. The summed E-state index contributed by atoms with van der Waals surface area (Å²) >= 11 is 0. The van der Waals surface area contributed by atoms with Gasteiger partial charge in [-0.1, -0.05) is 0 Å². The minimum absolute atomic E-state index is 0.0218. The number of methoxy groups -OCH3 is 1. The average molecular weight is 383 g/mol. The van der Waals surface area contributed by atoms with E-state index in [2.05, 4.69) is 20.3 Å². The second-order valence-corrected chi connectivity index (χ2v) is 6.07. The van der Waals surface area contributed by atoms with Gasteiger partial charge in [-0.2, -0.15) is 23.4 Å². The molecule has 0 aliphatic rings. The average Bonchev–Trinajstić information content (AvgIpc) is 2.53. The van der Waals surface area contributed by atoms with E-state index in [-0.39, 0.29) is 29.2 Å². The predicted molar refractivity (Wildman–Crippen MR) is 88.9 cm³/mol. The number of aromatic nitrogens is 3. The van der Waals surface area contributed by atoms with Crippen molar-refractivity contribution in [1.29, 1.82) is 0 Å². The van der Waals surface area contributed by atoms with E-state index in [1.54, 1.807) is 4.72 Å². The van der Waals surface area contributed by atoms with Crippen LogP contribution in [-0.2, 0) is 10.2 Å². The predicted octanol–water partition coefficient (Wildman–Crippen LogP) is 0.575. The van der Waals surface area contributed by atoms with Gasteiger partial charge in [-0.05, 0) is 19.1 Å². The van der Waals surface area contributed by atoms with Crippen molar-refractivity contribution in [2.75, 3.05) is 17.1 Å². The number of carbonyl (C=O) groups is 1. The van der Waals surface area contributed by atoms with E-state index in [1.165, 1.54) is 26.2 Å². The third-order valence-corrected chi connectivity index (χ3v) is 3.65. The number of nitro benzene ring substituents is 1. The quantitative estimate of drug-likeness (QED) is 0.475. The minimum Gasteiger partial charge on any atom is -0.467 e. The number of urea groups is 1. The summed E-state index contributed by atoms with van der Waals surface area (Å²) in [6.45, 7) is 1.53. The Kier molecular flexibility index (Phi) is 5.46. The van der Waals surface area contributed by atoms with Crippen molar-refractivity contribution in [2.24, 2.45) is 0 Å². The molecule has 0 aliphatic carbocycles. The molecule has 138 valence electrons. The van der Waals surface area contributed by atoms with Gasteiger partial charge in [-0.25, -0.2) is 9.52 Å². The van der Waals surface area contributed by atoms with Crippen LogP contribution in [0.1, 0.15) is 5.82 Å². The summed E-state index contributed by atoms with van der Waals surface area (Å²) in [4.78, 5) is 33.1. The van der Waals surface area contributed by atoms with Crippen LogP contribution in [0.15, 0.2) is 24.3 Å². The third kappa shape index (κ3) is 5.23. The molecule has 0 unspecified atom stereocenters. The van der Waals surface area contributed by atoms with Crippen molar-refractivity contribution in [2.45, 2.75) is 6.92 Å². The number of ether oxygens (including phenoxy) is 1. The zero-order chi connectivity index (χ0) is 19.3. The van der Waals surface area contributed by atoms with Gasteiger partial charge in [0.05, 0.1) is 17.7 Å². The first kappa shape index (κ1) is 18.8. The molecule has 26 heavy (non-hydrogen) atoms. The van der Waals surface area contributed by atoms with Gasteiger partial charge in [0.15, 0.2) is 0 Å². The Bertz CT molecular complexity index is 932. The molecule has 0 saturated carbocycles. The normalized spacial score (nSPS) is 10.7. The van der Waals surface area contributed by atoms with E-state index in [0.29, 0.717) is 0 Å². The van der Waals surface area contributed by atoms with Crippen molar-refractivity contribution >= 4 is 33.6 Å². The Balaban J connectivity index is 2.03. The zero-order valence-corrected chi connectivity index (χ0v) is 14.3. The van der Waals surface area contributed by atoms with Gasteiger partial charge in [0.25, 0.3) is 5.69 Å². The number of carbonyl (C=O) groups excluding carboxylic acids is 1. The first-order chi connectivity index (χ1) is 12.2. The largest absolute Gasteiger partial charge is 0.467 e. The molecule has 13 nitrogen and oxygen atoms in total. The lowest BCUT2D eigenvalue weighted by atomic mass is 10.3. The molecule has 2 aromatic rings. The SMILES string of the molecule is COc1nc(C)nc(NC(=O)NS(=O)(=O)Nc2ccc([N+](=O)[O-])cc2)n1. The molecule has 0 atom stereocenters. The molecule has 0 saturated heterocycles. The molecule has 3 N–H and O–H groups in total. The number of amides is 2. The van der Waals surface area contributed by atoms with E-state index in [4.69, 9.17) is 4.74 Å². The number of hydrogen-bond acceptors (Lipinski definition) is 9. The van der Waals surface area contributed by atoms with Crippen LogP contribution in [0.25, 0.3) is 0 Å². The Morgan fingerprint density at radius 3 is 2.42 bits per heavy atom. The molecule has 2 rings (SSSR count). The van der Waals surface area contributed by atoms with Gasteiger partial charge >= 0.3 is 22.3 Å². The molecule has 2 amide bonds. The summed E-state index contributed by atoms with van der Waals surface area (Å²) in [5.41, 5.74) is -0.189. The number of aryl methyl sites for hydroxylation is 1. The van der Waals surface area contributed by atoms with Gasteiger partial charge in [-0.15, -0.1) is 0 Å². The Morgan fingerprint density at radius 2 is 1.85 bits per heavy atom. The van der Waals surface area contributed by atoms with E-state index in [9.17, 15) is 23.3 Å². The number of hydrogen-bond donors (Lipinski definition) is 3. The smallest absolute Gasteiger partial charge is 0.336 e. The van der Waals surface area contributed by atoms with Crippen LogP contribution in [0.4, 0.5) is 22.1 Å². The highest BCUT2D eigenvalue weighted by Crippen LogP contribution is 2.16. The first-order valence-corrected chi connectivity index (χ1v) is 8.29. The summed E-state index contributed by atoms with van der Waals surface area (Å²) in [6.07, 6.45) is 0. The molecule has 0 spiro atoms. The minimum atomic E-state index is -4.30. The maximum atomic E-state index is 11.9. The molecule has 1 aromatic heterocycles. The number of benzene rings is 1. The van der Waals surface area contributed by atoms with Crippen LogP contribution in [0.2, 0.25) is 0 Å². The zero-order valence-electron chi connectivity index (χ0n) is 13.5. The van der Waals surface area contributed by atoms with Crippen molar-refractivity contribution in [3.63, 3.8) is 0 Å². The fourth-order valence-electron chi connectivity index (χ4n) is 1.69. The lowest BCUT2D eigenvalue weighted by Crippen LogP contribution is -2.38. The molecule has 14 heteroatoms. The van der Waals surface area contributed by atoms with Crippen LogP contribution in [0, 0.1) is 17.0 Å². The van der Waals surface area contributed by atoms with Gasteiger partial charge in [-0.3, -0.25) is 20.2 Å². The number of non-ortho nitro benzene ring substituents is 1. The van der Waals surface area contributed by atoms with Crippen LogP contribution < -0.4 is 19.5 Å². The lowest BCUT2D eigenvalue weighted by molar-refractivity contribution is -0.384. The molecule has 0 fully saturated rings. The molecule has 1 aromatic carbocycles. The van der Waals surface area contributed by atoms with E-state index < -0.39 is 21.2 Å². The summed E-state index contributed by atoms with van der Waals surface area (Å²) in [7, 11) is -2.98. The number of rotatable bonds is 6. The standard InChI is InChI=1S/C12H13N7O6S/c1-7-13-10(16-12(14-7)25-2)15-11(20)18-26(23,24)17-8-3-5-9(6-4-8)19(21)22/h3-6,17H,1-2H3,(H2,13,14,15,16,18,20). The van der Waals surface area contributed by atoms with Crippen molar-refractivity contribution in [3.8, 4) is 6.01 Å². The lowest BCUT2D eigenvalue weighted by Gasteiger charge is -2.10. The third-order valence-electron chi connectivity index (χ3n) is 2.69. The number of nitrogens with zero attached hydrogens (tertiary/aromatic N) is 4. The number of anilines is 2. The van der Waals surface area contributed by atoms with E-state index in [1.807, 2.05) is 4.72 Å². The fourth-order valence-corrected chi connectivity index (χ4v) is 2.48. The van der Waals surface area contributed by atoms with Gasteiger partial charge < -0.3 is 4.74 Å². The van der Waals surface area contributed by atoms with Gasteiger partial charge in [0.1, 0.15) is 5.82 Å². The highest BCUT2D eigenvalue weighted by molar-refractivity contribution is 7.91.